The topological polar surface area (TPSA) is 55.2 Å². The first-order chi connectivity index (χ1) is 18.7. The zero-order valence-electron chi connectivity index (χ0n) is 21.9. The molecule has 1 amide bonds. The summed E-state index contributed by atoms with van der Waals surface area (Å²) in [6.07, 6.45) is 0. The van der Waals surface area contributed by atoms with Gasteiger partial charge in [0.2, 0.25) is 0 Å². The number of aryl methyl sites for hydroxylation is 2. The van der Waals surface area contributed by atoms with E-state index in [0.717, 1.165) is 16.7 Å². The predicted octanol–water partition coefficient (Wildman–Crippen LogP) is 7.71. The summed E-state index contributed by atoms with van der Waals surface area (Å²) in [4.78, 5) is 34.6. The van der Waals surface area contributed by atoms with Crippen LogP contribution in [0.4, 0.5) is 0 Å². The zero-order chi connectivity index (χ0) is 27.7. The van der Waals surface area contributed by atoms with Gasteiger partial charge in [-0.3, -0.25) is 14.2 Å². The quantitative estimate of drug-likeness (QED) is 0.215. The van der Waals surface area contributed by atoms with Crippen molar-refractivity contribution in [2.45, 2.75) is 33.4 Å². The number of amides is 1. The van der Waals surface area contributed by atoms with Gasteiger partial charge in [-0.25, -0.2) is 4.98 Å². The Labute approximate surface area is 237 Å². The SMILES string of the molecule is Cc1ccc(-n2c(C(C)N(Cc3ccccc3)C(=O)c3ccc(Cl)c(Cl)c3)nc3ccccc3c2=O)cc1C. The lowest BCUT2D eigenvalue weighted by Crippen LogP contribution is -2.37. The number of hydrogen-bond donors (Lipinski definition) is 0. The van der Waals surface area contributed by atoms with Gasteiger partial charge in [-0.05, 0) is 79.9 Å². The van der Waals surface area contributed by atoms with Crippen LogP contribution in [0.15, 0.2) is 95.8 Å². The van der Waals surface area contributed by atoms with Crippen molar-refractivity contribution < 1.29 is 4.79 Å². The minimum Gasteiger partial charge on any atom is -0.324 e. The van der Waals surface area contributed by atoms with Crippen LogP contribution in [0, 0.1) is 13.8 Å². The Hall–Kier alpha value is -3.93. The molecule has 5 aromatic rings. The van der Waals surface area contributed by atoms with Crippen molar-refractivity contribution in [1.82, 2.24) is 14.5 Å². The van der Waals surface area contributed by atoms with E-state index in [1.807, 2.05) is 87.5 Å². The number of aromatic nitrogens is 2. The molecule has 1 unspecified atom stereocenters. The Bertz CT molecular complexity index is 1750. The maximum atomic E-state index is 14.0. The summed E-state index contributed by atoms with van der Waals surface area (Å²) < 4.78 is 1.62. The number of hydrogen-bond acceptors (Lipinski definition) is 3. The molecule has 0 fully saturated rings. The zero-order valence-corrected chi connectivity index (χ0v) is 23.4. The normalized spacial score (nSPS) is 11.9. The Kier molecular flexibility index (Phi) is 7.56. The van der Waals surface area contributed by atoms with E-state index in [9.17, 15) is 9.59 Å². The van der Waals surface area contributed by atoms with Crippen molar-refractivity contribution >= 4 is 40.0 Å². The maximum absolute atomic E-state index is 14.0. The molecule has 1 heterocycles. The van der Waals surface area contributed by atoms with E-state index in [2.05, 4.69) is 0 Å². The van der Waals surface area contributed by atoms with E-state index in [1.165, 1.54) is 0 Å². The van der Waals surface area contributed by atoms with Crippen molar-refractivity contribution in [2.75, 3.05) is 0 Å². The van der Waals surface area contributed by atoms with Gasteiger partial charge in [0.25, 0.3) is 11.5 Å². The monoisotopic (exact) mass is 555 g/mol. The smallest absolute Gasteiger partial charge is 0.266 e. The second kappa shape index (κ2) is 11.0. The molecule has 0 aliphatic heterocycles. The number of rotatable bonds is 6. The van der Waals surface area contributed by atoms with Gasteiger partial charge in [-0.2, -0.15) is 0 Å². The molecule has 0 spiro atoms. The number of halogens is 2. The molecule has 1 atom stereocenters. The third-order valence-corrected chi connectivity index (χ3v) is 7.75. The van der Waals surface area contributed by atoms with Gasteiger partial charge >= 0.3 is 0 Å². The number of nitrogens with zero attached hydrogens (tertiary/aromatic N) is 3. The molecule has 39 heavy (non-hydrogen) atoms. The van der Waals surface area contributed by atoms with Crippen LogP contribution < -0.4 is 5.56 Å². The van der Waals surface area contributed by atoms with Crippen molar-refractivity contribution in [1.29, 1.82) is 0 Å². The Morgan fingerprint density at radius 1 is 0.872 bits per heavy atom. The summed E-state index contributed by atoms with van der Waals surface area (Å²) in [6, 6.07) is 27.1. The van der Waals surface area contributed by atoms with Crippen LogP contribution in [0.5, 0.6) is 0 Å². The third kappa shape index (κ3) is 5.33. The first kappa shape index (κ1) is 26.7. The highest BCUT2D eigenvalue weighted by Gasteiger charge is 2.28. The fourth-order valence-corrected chi connectivity index (χ4v) is 4.94. The van der Waals surface area contributed by atoms with Gasteiger partial charge in [0, 0.05) is 12.1 Å². The van der Waals surface area contributed by atoms with E-state index in [1.54, 1.807) is 33.7 Å². The summed E-state index contributed by atoms with van der Waals surface area (Å²) in [5, 5.41) is 1.18. The highest BCUT2D eigenvalue weighted by atomic mass is 35.5. The Balaban J connectivity index is 1.71. The van der Waals surface area contributed by atoms with E-state index in [4.69, 9.17) is 28.2 Å². The Morgan fingerprint density at radius 2 is 1.59 bits per heavy atom. The highest BCUT2D eigenvalue weighted by molar-refractivity contribution is 6.42. The van der Waals surface area contributed by atoms with E-state index in [-0.39, 0.29) is 11.5 Å². The van der Waals surface area contributed by atoms with E-state index < -0.39 is 6.04 Å². The lowest BCUT2D eigenvalue weighted by Gasteiger charge is -2.31. The third-order valence-electron chi connectivity index (χ3n) is 7.01. The molecule has 4 aromatic carbocycles. The van der Waals surface area contributed by atoms with Crippen LogP contribution in [0.3, 0.4) is 0 Å². The number of fused-ring (bicyclic) bond motifs is 1. The first-order valence-electron chi connectivity index (χ1n) is 12.6. The second-order valence-corrected chi connectivity index (χ2v) is 10.4. The second-order valence-electron chi connectivity index (χ2n) is 9.62. The summed E-state index contributed by atoms with van der Waals surface area (Å²) in [6.45, 7) is 6.24. The molecule has 0 saturated heterocycles. The van der Waals surface area contributed by atoms with Crippen LogP contribution in [0.25, 0.3) is 16.6 Å². The van der Waals surface area contributed by atoms with Gasteiger partial charge in [-0.1, -0.05) is 71.7 Å². The molecule has 0 radical (unpaired) electrons. The first-order valence-corrected chi connectivity index (χ1v) is 13.4. The molecule has 5 nitrogen and oxygen atoms in total. The van der Waals surface area contributed by atoms with Crippen LogP contribution >= 0.6 is 23.2 Å². The van der Waals surface area contributed by atoms with Gasteiger partial charge in [0.15, 0.2) is 0 Å². The van der Waals surface area contributed by atoms with Gasteiger partial charge in [0.05, 0.1) is 32.7 Å². The van der Waals surface area contributed by atoms with Crippen molar-refractivity contribution in [2.24, 2.45) is 0 Å². The number of para-hydroxylation sites is 1. The molecule has 0 bridgehead atoms. The van der Waals surface area contributed by atoms with Gasteiger partial charge in [-0.15, -0.1) is 0 Å². The van der Waals surface area contributed by atoms with Crippen molar-refractivity contribution in [3.8, 4) is 5.69 Å². The van der Waals surface area contributed by atoms with Gasteiger partial charge in [0.1, 0.15) is 5.82 Å². The van der Waals surface area contributed by atoms with Crippen LogP contribution in [-0.4, -0.2) is 20.4 Å². The number of carbonyl (C=O) groups excluding carboxylic acids is 1. The van der Waals surface area contributed by atoms with Crippen LogP contribution in [-0.2, 0) is 6.54 Å². The molecular formula is C32H27Cl2N3O2. The average molecular weight is 556 g/mol. The highest BCUT2D eigenvalue weighted by Crippen LogP contribution is 2.29. The maximum Gasteiger partial charge on any atom is 0.266 e. The Morgan fingerprint density at radius 3 is 2.31 bits per heavy atom. The van der Waals surface area contributed by atoms with E-state index in [0.29, 0.717) is 44.6 Å². The average Bonchev–Trinajstić information content (AvgIpc) is 2.94. The standard InChI is InChI=1S/C32H27Cl2N3O2/c1-20-13-15-25(17-21(20)2)37-30(35-29-12-8-7-11-26(29)32(37)39)22(3)36(19-23-9-5-4-6-10-23)31(38)24-14-16-27(33)28(34)18-24/h4-18,22H,19H2,1-3H3. The molecule has 196 valence electrons. The van der Waals surface area contributed by atoms with E-state index >= 15 is 0 Å². The minimum absolute atomic E-state index is 0.188. The summed E-state index contributed by atoms with van der Waals surface area (Å²) in [5.74, 6) is 0.213. The molecule has 0 aliphatic carbocycles. The number of carbonyl (C=O) groups is 1. The molecule has 0 aliphatic rings. The molecule has 0 N–H and O–H groups in total. The predicted molar refractivity (Wildman–Crippen MR) is 158 cm³/mol. The minimum atomic E-state index is -0.578. The van der Waals surface area contributed by atoms with Crippen LogP contribution in [0.2, 0.25) is 10.0 Å². The summed E-state index contributed by atoms with van der Waals surface area (Å²) in [5.41, 5.74) is 4.60. The molecule has 5 rings (SSSR count). The molecular weight excluding hydrogens is 529 g/mol. The fraction of sp³-hybridized carbons (Fsp3) is 0.156. The largest absolute Gasteiger partial charge is 0.324 e. The van der Waals surface area contributed by atoms with Crippen molar-refractivity contribution in [3.63, 3.8) is 0 Å². The summed E-state index contributed by atoms with van der Waals surface area (Å²) >= 11 is 12.4. The van der Waals surface area contributed by atoms with Crippen molar-refractivity contribution in [3.05, 3.63) is 139 Å². The lowest BCUT2D eigenvalue weighted by molar-refractivity contribution is 0.0664. The van der Waals surface area contributed by atoms with Crippen LogP contribution in [0.1, 0.15) is 45.8 Å². The number of benzene rings is 4. The van der Waals surface area contributed by atoms with Gasteiger partial charge < -0.3 is 4.90 Å². The molecule has 1 aromatic heterocycles. The fourth-order valence-electron chi connectivity index (χ4n) is 4.64. The molecule has 0 saturated carbocycles. The molecule has 7 heteroatoms. The lowest BCUT2D eigenvalue weighted by atomic mass is 10.1. The summed E-state index contributed by atoms with van der Waals surface area (Å²) in [7, 11) is 0.